The van der Waals surface area contributed by atoms with Crippen LogP contribution in [0.15, 0.2) is 18.2 Å². The molecule has 0 bridgehead atoms. The van der Waals surface area contributed by atoms with Crippen LogP contribution in [0.5, 0.6) is 0 Å². The van der Waals surface area contributed by atoms with E-state index in [1.807, 2.05) is 11.9 Å². The molecule has 2 N–H and O–H groups in total. The number of urea groups is 1. The summed E-state index contributed by atoms with van der Waals surface area (Å²) in [6, 6.07) is 5.00. The van der Waals surface area contributed by atoms with Gasteiger partial charge in [-0.15, -0.1) is 12.4 Å². The summed E-state index contributed by atoms with van der Waals surface area (Å²) in [6.07, 6.45) is 2.03. The molecular formula is C17H24Cl2N4O2. The maximum Gasteiger partial charge on any atom is 0.322 e. The van der Waals surface area contributed by atoms with Crippen LogP contribution in [0.2, 0.25) is 5.02 Å². The monoisotopic (exact) mass is 386 g/mol. The van der Waals surface area contributed by atoms with Crippen molar-refractivity contribution in [3.05, 3.63) is 28.8 Å². The van der Waals surface area contributed by atoms with Gasteiger partial charge in [0.15, 0.2) is 0 Å². The molecule has 1 aromatic carbocycles. The van der Waals surface area contributed by atoms with E-state index in [0.717, 1.165) is 32.5 Å². The third kappa shape index (κ3) is 4.37. The molecule has 138 valence electrons. The lowest BCUT2D eigenvalue weighted by molar-refractivity contribution is 0.0691. The Hall–Kier alpha value is -1.50. The van der Waals surface area contributed by atoms with Crippen molar-refractivity contribution in [2.24, 2.45) is 5.92 Å². The predicted octanol–water partition coefficient (Wildman–Crippen LogP) is 2.36. The first-order chi connectivity index (χ1) is 11.6. The van der Waals surface area contributed by atoms with Gasteiger partial charge < -0.3 is 15.5 Å². The van der Waals surface area contributed by atoms with Crippen LogP contribution >= 0.6 is 24.0 Å². The minimum Gasteiger partial charge on any atom is -0.339 e. The van der Waals surface area contributed by atoms with Crippen molar-refractivity contribution in [2.45, 2.75) is 12.8 Å². The Morgan fingerprint density at radius 1 is 1.32 bits per heavy atom. The van der Waals surface area contributed by atoms with Gasteiger partial charge in [-0.3, -0.25) is 9.69 Å². The second-order valence-electron chi connectivity index (χ2n) is 6.34. The zero-order chi connectivity index (χ0) is 17.1. The Balaban J connectivity index is 0.00000225. The maximum atomic E-state index is 12.8. The largest absolute Gasteiger partial charge is 0.339 e. The summed E-state index contributed by atoms with van der Waals surface area (Å²) >= 11 is 6.23. The van der Waals surface area contributed by atoms with Gasteiger partial charge in [0, 0.05) is 31.7 Å². The fourth-order valence-electron chi connectivity index (χ4n) is 3.37. The van der Waals surface area contributed by atoms with Crippen molar-refractivity contribution >= 4 is 41.6 Å². The summed E-state index contributed by atoms with van der Waals surface area (Å²) in [4.78, 5) is 28.1. The van der Waals surface area contributed by atoms with Gasteiger partial charge in [0.05, 0.1) is 10.7 Å². The average Bonchev–Trinajstić information content (AvgIpc) is 3.01. The summed E-state index contributed by atoms with van der Waals surface area (Å²) < 4.78 is 0. The van der Waals surface area contributed by atoms with Crippen LogP contribution < -0.4 is 15.5 Å². The highest BCUT2D eigenvalue weighted by Crippen LogP contribution is 2.29. The molecule has 0 saturated carbocycles. The second kappa shape index (κ2) is 8.74. The van der Waals surface area contributed by atoms with Gasteiger partial charge in [-0.1, -0.05) is 11.6 Å². The number of rotatable bonds is 4. The first-order valence-electron chi connectivity index (χ1n) is 8.39. The van der Waals surface area contributed by atoms with Gasteiger partial charge >= 0.3 is 6.03 Å². The normalized spacial score (nSPS) is 18.1. The van der Waals surface area contributed by atoms with Crippen LogP contribution in [0.3, 0.4) is 0 Å². The van der Waals surface area contributed by atoms with Crippen molar-refractivity contribution in [3.8, 4) is 0 Å². The fraction of sp³-hybridized carbons (Fsp3) is 0.529. The number of nitrogens with zero attached hydrogens (tertiary/aromatic N) is 2. The Bertz CT molecular complexity index is 633. The Kier molecular flexibility index (Phi) is 6.93. The fourth-order valence-corrected chi connectivity index (χ4v) is 3.59. The van der Waals surface area contributed by atoms with E-state index in [1.54, 1.807) is 23.1 Å². The van der Waals surface area contributed by atoms with Crippen LogP contribution in [0.25, 0.3) is 0 Å². The van der Waals surface area contributed by atoms with E-state index in [0.29, 0.717) is 35.3 Å². The van der Waals surface area contributed by atoms with E-state index in [9.17, 15) is 9.59 Å². The van der Waals surface area contributed by atoms with Crippen molar-refractivity contribution in [3.63, 3.8) is 0 Å². The number of benzene rings is 1. The van der Waals surface area contributed by atoms with Crippen LogP contribution in [-0.2, 0) is 0 Å². The molecule has 0 unspecified atom stereocenters. The van der Waals surface area contributed by atoms with E-state index in [4.69, 9.17) is 11.6 Å². The highest BCUT2D eigenvalue weighted by Gasteiger charge is 2.27. The predicted molar refractivity (Wildman–Crippen MR) is 102 cm³/mol. The minimum atomic E-state index is -0.172. The molecule has 2 heterocycles. The molecule has 0 spiro atoms. The van der Waals surface area contributed by atoms with E-state index in [1.165, 1.54) is 0 Å². The van der Waals surface area contributed by atoms with Crippen molar-refractivity contribution in [1.82, 2.24) is 15.5 Å². The molecule has 2 aliphatic heterocycles. The van der Waals surface area contributed by atoms with Crippen LogP contribution in [0.1, 0.15) is 23.2 Å². The van der Waals surface area contributed by atoms with E-state index in [-0.39, 0.29) is 24.3 Å². The van der Waals surface area contributed by atoms with Gasteiger partial charge in [0.2, 0.25) is 0 Å². The number of amides is 3. The summed E-state index contributed by atoms with van der Waals surface area (Å²) in [5.41, 5.74) is 1.18. The van der Waals surface area contributed by atoms with Crippen molar-refractivity contribution in [1.29, 1.82) is 0 Å². The molecule has 8 heteroatoms. The molecule has 2 aliphatic rings. The molecule has 0 atom stereocenters. The van der Waals surface area contributed by atoms with Crippen LogP contribution in [0.4, 0.5) is 10.5 Å². The number of piperidine rings is 1. The summed E-state index contributed by atoms with van der Waals surface area (Å²) in [5.74, 6) is 0.642. The van der Waals surface area contributed by atoms with Crippen LogP contribution in [0, 0.1) is 5.92 Å². The summed E-state index contributed by atoms with van der Waals surface area (Å²) in [5, 5.41) is 6.43. The smallest absolute Gasteiger partial charge is 0.322 e. The Morgan fingerprint density at radius 3 is 2.64 bits per heavy atom. The van der Waals surface area contributed by atoms with Crippen LogP contribution in [-0.4, -0.2) is 56.6 Å². The highest BCUT2D eigenvalue weighted by atomic mass is 35.5. The molecule has 3 amide bonds. The van der Waals surface area contributed by atoms with E-state index < -0.39 is 0 Å². The van der Waals surface area contributed by atoms with Gasteiger partial charge in [-0.2, -0.15) is 0 Å². The molecule has 2 fully saturated rings. The Morgan fingerprint density at radius 2 is 2.04 bits per heavy atom. The first-order valence-corrected chi connectivity index (χ1v) is 8.76. The first kappa shape index (κ1) is 19.8. The molecule has 6 nitrogen and oxygen atoms in total. The molecule has 2 saturated heterocycles. The minimum absolute atomic E-state index is 0. The van der Waals surface area contributed by atoms with Gasteiger partial charge in [-0.05, 0) is 50.6 Å². The van der Waals surface area contributed by atoms with E-state index >= 15 is 0 Å². The number of likely N-dealkylation sites (tertiary alicyclic amines) is 1. The van der Waals surface area contributed by atoms with Gasteiger partial charge in [0.1, 0.15) is 0 Å². The molecule has 1 aromatic rings. The molecule has 0 radical (unpaired) electrons. The topological polar surface area (TPSA) is 64.7 Å². The number of hydrogen-bond acceptors (Lipinski definition) is 3. The average molecular weight is 387 g/mol. The van der Waals surface area contributed by atoms with Gasteiger partial charge in [-0.25, -0.2) is 4.79 Å². The number of nitrogens with one attached hydrogen (secondary N) is 2. The number of hydrogen-bond donors (Lipinski definition) is 2. The standard InChI is InChI=1S/C17H23ClN4O2.ClH/c1-19-11-12-4-7-21(8-5-12)16(23)13-2-3-14(18)15(10-13)22-9-6-20-17(22)24;/h2-3,10,12,19H,4-9,11H2,1H3,(H,20,24);1H. The third-order valence-electron chi connectivity index (χ3n) is 4.74. The molecule has 0 aliphatic carbocycles. The van der Waals surface area contributed by atoms with E-state index in [2.05, 4.69) is 10.6 Å². The Labute approximate surface area is 159 Å². The number of carbonyl (C=O) groups excluding carboxylic acids is 2. The van der Waals surface area contributed by atoms with Crippen molar-refractivity contribution in [2.75, 3.05) is 44.7 Å². The lowest BCUT2D eigenvalue weighted by atomic mass is 9.96. The third-order valence-corrected chi connectivity index (χ3v) is 5.05. The second-order valence-corrected chi connectivity index (χ2v) is 6.75. The van der Waals surface area contributed by atoms with Crippen molar-refractivity contribution < 1.29 is 9.59 Å². The number of halogens is 2. The lowest BCUT2D eigenvalue weighted by Gasteiger charge is -2.32. The summed E-state index contributed by atoms with van der Waals surface area (Å²) in [6.45, 7) is 3.69. The zero-order valence-electron chi connectivity index (χ0n) is 14.3. The highest BCUT2D eigenvalue weighted by molar-refractivity contribution is 6.34. The molecule has 25 heavy (non-hydrogen) atoms. The lowest BCUT2D eigenvalue weighted by Crippen LogP contribution is -2.40. The molecular weight excluding hydrogens is 363 g/mol. The molecule has 3 rings (SSSR count). The maximum absolute atomic E-state index is 12.8. The zero-order valence-corrected chi connectivity index (χ0v) is 15.8. The number of carbonyl (C=O) groups is 2. The molecule has 0 aromatic heterocycles. The number of anilines is 1. The van der Waals surface area contributed by atoms with Gasteiger partial charge in [0.25, 0.3) is 5.91 Å². The summed E-state index contributed by atoms with van der Waals surface area (Å²) in [7, 11) is 1.96. The SMILES string of the molecule is CNCC1CCN(C(=O)c2ccc(Cl)c(N3CCNC3=O)c2)CC1.Cl. The quantitative estimate of drug-likeness (QED) is 0.834.